The molecule has 0 saturated carbocycles. The van der Waals surface area contributed by atoms with E-state index in [1.54, 1.807) is 11.3 Å². The topological polar surface area (TPSA) is 47.3 Å². The van der Waals surface area contributed by atoms with Crippen molar-refractivity contribution in [3.63, 3.8) is 0 Å². The number of fused-ring (bicyclic) bond motifs is 1. The van der Waals surface area contributed by atoms with Crippen molar-refractivity contribution in [1.29, 1.82) is 0 Å². The Labute approximate surface area is 69.2 Å². The summed E-state index contributed by atoms with van der Waals surface area (Å²) in [5.41, 5.74) is 6.57. The lowest BCUT2D eigenvalue weighted by Crippen LogP contribution is -2.36. The maximum Gasteiger partial charge on any atom is 0.197 e. The highest BCUT2D eigenvalue weighted by atomic mass is 32.1. The van der Waals surface area contributed by atoms with E-state index in [9.17, 15) is 0 Å². The van der Waals surface area contributed by atoms with Crippen LogP contribution in [0.4, 0.5) is 5.69 Å². The zero-order valence-corrected chi connectivity index (χ0v) is 6.86. The predicted molar refractivity (Wildman–Crippen MR) is 46.3 cm³/mol. The molecule has 11 heavy (non-hydrogen) atoms. The molecule has 0 spiro atoms. The number of anilines is 1. The molecule has 0 saturated heterocycles. The van der Waals surface area contributed by atoms with E-state index in [1.807, 2.05) is 11.4 Å². The molecule has 3 nitrogen and oxygen atoms in total. The number of hydrogen-bond donors (Lipinski definition) is 2. The molecule has 0 bridgehead atoms. The minimum absolute atomic E-state index is 0.140. The maximum absolute atomic E-state index is 5.55. The maximum atomic E-state index is 5.55. The second-order valence-electron chi connectivity index (χ2n) is 2.48. The Morgan fingerprint density at radius 1 is 1.82 bits per heavy atom. The van der Waals surface area contributed by atoms with Crippen LogP contribution in [0.15, 0.2) is 11.4 Å². The molecule has 1 aromatic heterocycles. The van der Waals surface area contributed by atoms with E-state index in [1.165, 1.54) is 0 Å². The van der Waals surface area contributed by atoms with Crippen molar-refractivity contribution in [2.45, 2.75) is 6.10 Å². The van der Waals surface area contributed by atoms with Crippen LogP contribution in [0, 0.1) is 0 Å². The van der Waals surface area contributed by atoms with Gasteiger partial charge in [-0.05, 0) is 11.4 Å². The third kappa shape index (κ3) is 1.19. The zero-order valence-electron chi connectivity index (χ0n) is 6.04. The van der Waals surface area contributed by atoms with Gasteiger partial charge in [-0.3, -0.25) is 0 Å². The van der Waals surface area contributed by atoms with Gasteiger partial charge in [-0.15, -0.1) is 11.3 Å². The first-order chi connectivity index (χ1) is 5.40. The highest BCUT2D eigenvalue weighted by Gasteiger charge is 2.17. The summed E-state index contributed by atoms with van der Waals surface area (Å²) in [5, 5.41) is 6.22. The molecule has 0 aromatic carbocycles. The molecule has 60 valence electrons. The Bertz CT molecular complexity index is 248. The minimum Gasteiger partial charge on any atom is -0.476 e. The van der Waals surface area contributed by atoms with Crippen molar-refractivity contribution < 1.29 is 4.74 Å². The van der Waals surface area contributed by atoms with Gasteiger partial charge in [-0.1, -0.05) is 0 Å². The smallest absolute Gasteiger partial charge is 0.197 e. The molecular weight excluding hydrogens is 160 g/mol. The number of nitrogens with one attached hydrogen (secondary N) is 1. The molecule has 2 rings (SSSR count). The number of nitrogens with two attached hydrogens (primary N) is 1. The number of rotatable bonds is 1. The fourth-order valence-electron chi connectivity index (χ4n) is 1.07. The van der Waals surface area contributed by atoms with Gasteiger partial charge in [0.15, 0.2) is 5.06 Å². The summed E-state index contributed by atoms with van der Waals surface area (Å²) in [4.78, 5) is 0. The summed E-state index contributed by atoms with van der Waals surface area (Å²) in [5.74, 6) is 0. The normalized spacial score (nSPS) is 21.7. The summed E-state index contributed by atoms with van der Waals surface area (Å²) < 4.78 is 5.55. The summed E-state index contributed by atoms with van der Waals surface area (Å²) in [6, 6.07) is 2.02. The SMILES string of the molecule is NCC1CNc2ccsc2O1. The Kier molecular flexibility index (Phi) is 1.71. The van der Waals surface area contributed by atoms with E-state index in [0.717, 1.165) is 17.3 Å². The monoisotopic (exact) mass is 170 g/mol. The van der Waals surface area contributed by atoms with Gasteiger partial charge in [0.25, 0.3) is 0 Å². The Morgan fingerprint density at radius 2 is 2.73 bits per heavy atom. The highest BCUT2D eigenvalue weighted by molar-refractivity contribution is 7.12. The molecule has 2 heterocycles. The van der Waals surface area contributed by atoms with E-state index in [2.05, 4.69) is 5.32 Å². The molecule has 0 fully saturated rings. The van der Waals surface area contributed by atoms with Gasteiger partial charge in [0.1, 0.15) is 6.10 Å². The Hall–Kier alpha value is -0.740. The molecule has 3 N–H and O–H groups in total. The molecule has 0 amide bonds. The molecular formula is C7H10N2OS. The van der Waals surface area contributed by atoms with Gasteiger partial charge in [0, 0.05) is 6.54 Å². The number of thiophene rings is 1. The van der Waals surface area contributed by atoms with Gasteiger partial charge >= 0.3 is 0 Å². The number of ether oxygens (including phenoxy) is 1. The Morgan fingerprint density at radius 3 is 3.55 bits per heavy atom. The molecule has 1 unspecified atom stereocenters. The quantitative estimate of drug-likeness (QED) is 0.657. The highest BCUT2D eigenvalue weighted by Crippen LogP contribution is 2.34. The second-order valence-corrected chi connectivity index (χ2v) is 3.36. The zero-order chi connectivity index (χ0) is 7.68. The van der Waals surface area contributed by atoms with Crippen LogP contribution in [-0.4, -0.2) is 19.2 Å². The third-order valence-electron chi connectivity index (χ3n) is 1.69. The largest absolute Gasteiger partial charge is 0.476 e. The van der Waals surface area contributed by atoms with E-state index in [4.69, 9.17) is 10.5 Å². The fraction of sp³-hybridized carbons (Fsp3) is 0.429. The first-order valence-corrected chi connectivity index (χ1v) is 4.46. The fourth-order valence-corrected chi connectivity index (χ4v) is 1.85. The van der Waals surface area contributed by atoms with Crippen LogP contribution in [0.2, 0.25) is 0 Å². The molecule has 4 heteroatoms. The second kappa shape index (κ2) is 2.71. The molecule has 1 atom stereocenters. The van der Waals surface area contributed by atoms with Gasteiger partial charge in [0.2, 0.25) is 0 Å². The minimum atomic E-state index is 0.140. The van der Waals surface area contributed by atoms with E-state index < -0.39 is 0 Å². The van der Waals surface area contributed by atoms with E-state index in [-0.39, 0.29) is 6.10 Å². The summed E-state index contributed by atoms with van der Waals surface area (Å²) in [6.45, 7) is 1.39. The summed E-state index contributed by atoms with van der Waals surface area (Å²) in [6.07, 6.45) is 0.140. The summed E-state index contributed by atoms with van der Waals surface area (Å²) >= 11 is 1.60. The first-order valence-electron chi connectivity index (χ1n) is 3.58. The predicted octanol–water partition coefficient (Wildman–Crippen LogP) is 0.880. The van der Waals surface area contributed by atoms with Crippen molar-refractivity contribution in [2.75, 3.05) is 18.4 Å². The van der Waals surface area contributed by atoms with Crippen LogP contribution in [0.3, 0.4) is 0 Å². The van der Waals surface area contributed by atoms with Crippen molar-refractivity contribution >= 4 is 17.0 Å². The molecule has 1 aromatic rings. The van der Waals surface area contributed by atoms with Crippen molar-refractivity contribution in [1.82, 2.24) is 0 Å². The van der Waals surface area contributed by atoms with Crippen LogP contribution < -0.4 is 15.8 Å². The molecule has 1 aliphatic heterocycles. The average molecular weight is 170 g/mol. The van der Waals surface area contributed by atoms with Crippen LogP contribution in [0.5, 0.6) is 5.06 Å². The first kappa shape index (κ1) is 6.94. The van der Waals surface area contributed by atoms with Gasteiger partial charge < -0.3 is 15.8 Å². The molecule has 0 aliphatic carbocycles. The lowest BCUT2D eigenvalue weighted by atomic mass is 10.3. The van der Waals surface area contributed by atoms with Crippen LogP contribution in [0.1, 0.15) is 0 Å². The summed E-state index contributed by atoms with van der Waals surface area (Å²) in [7, 11) is 0. The lowest BCUT2D eigenvalue weighted by molar-refractivity contribution is 0.221. The van der Waals surface area contributed by atoms with Crippen molar-refractivity contribution in [2.24, 2.45) is 5.73 Å². The Balaban J connectivity index is 2.18. The van der Waals surface area contributed by atoms with Crippen molar-refractivity contribution in [3.8, 4) is 5.06 Å². The number of hydrogen-bond acceptors (Lipinski definition) is 4. The van der Waals surface area contributed by atoms with E-state index in [0.29, 0.717) is 6.54 Å². The van der Waals surface area contributed by atoms with Gasteiger partial charge in [-0.2, -0.15) is 0 Å². The van der Waals surface area contributed by atoms with Crippen molar-refractivity contribution in [3.05, 3.63) is 11.4 Å². The molecule has 0 radical (unpaired) electrons. The third-order valence-corrected chi connectivity index (χ3v) is 2.49. The van der Waals surface area contributed by atoms with Crippen LogP contribution >= 0.6 is 11.3 Å². The molecule has 1 aliphatic rings. The van der Waals surface area contributed by atoms with Crippen LogP contribution in [-0.2, 0) is 0 Å². The lowest BCUT2D eigenvalue weighted by Gasteiger charge is -2.23. The van der Waals surface area contributed by atoms with Gasteiger partial charge in [0.05, 0.1) is 12.2 Å². The standard InChI is InChI=1S/C7H10N2OS/c8-3-5-4-9-6-1-2-11-7(6)10-5/h1-2,5,9H,3-4,8H2. The average Bonchev–Trinajstić information content (AvgIpc) is 2.50. The van der Waals surface area contributed by atoms with Gasteiger partial charge in [-0.25, -0.2) is 0 Å². The van der Waals surface area contributed by atoms with E-state index >= 15 is 0 Å². The van der Waals surface area contributed by atoms with Crippen LogP contribution in [0.25, 0.3) is 0 Å².